The molecule has 2 N–H and O–H groups in total. The lowest BCUT2D eigenvalue weighted by atomic mass is 10.1. The molecule has 1 aromatic carbocycles. The Morgan fingerprint density at radius 1 is 1.35 bits per heavy atom. The van der Waals surface area contributed by atoms with E-state index in [2.05, 4.69) is 0 Å². The fraction of sp³-hybridized carbons (Fsp3) is 0.538. The molecular weight excluding hydrogens is 238 g/mol. The van der Waals surface area contributed by atoms with Crippen molar-refractivity contribution in [3.8, 4) is 0 Å². The van der Waals surface area contributed by atoms with Crippen LogP contribution in [0.1, 0.15) is 25.8 Å². The van der Waals surface area contributed by atoms with Crippen LogP contribution in [0.25, 0.3) is 0 Å². The van der Waals surface area contributed by atoms with Crippen molar-refractivity contribution in [1.82, 2.24) is 0 Å². The van der Waals surface area contributed by atoms with E-state index in [1.165, 1.54) is 0 Å². The van der Waals surface area contributed by atoms with Crippen molar-refractivity contribution in [1.29, 1.82) is 0 Å². The molecule has 0 aliphatic rings. The Kier molecular flexibility index (Phi) is 5.25. The molecule has 4 heteroatoms. The van der Waals surface area contributed by atoms with Crippen molar-refractivity contribution >= 4 is 17.3 Å². The molecule has 0 amide bonds. The maximum atomic E-state index is 6.04. The van der Waals surface area contributed by atoms with E-state index in [1.807, 2.05) is 32.0 Å². The highest BCUT2D eigenvalue weighted by Gasteiger charge is 2.15. The normalized spacial score (nSPS) is 11.8. The Bertz CT molecular complexity index is 346. The predicted molar refractivity (Wildman–Crippen MR) is 71.2 cm³/mol. The van der Waals surface area contributed by atoms with Crippen LogP contribution in [0.15, 0.2) is 18.2 Å². The minimum Gasteiger partial charge on any atom is -0.398 e. The SMILES string of the molecule is COC(C)(C)CCOCc1c(N)cccc1Cl. The molecule has 0 bridgehead atoms. The number of rotatable bonds is 6. The highest BCUT2D eigenvalue weighted by molar-refractivity contribution is 6.31. The van der Waals surface area contributed by atoms with Crippen LogP contribution in [0.3, 0.4) is 0 Å². The summed E-state index contributed by atoms with van der Waals surface area (Å²) in [6.07, 6.45) is 0.827. The molecule has 0 aliphatic heterocycles. The summed E-state index contributed by atoms with van der Waals surface area (Å²) in [6, 6.07) is 5.47. The van der Waals surface area contributed by atoms with E-state index in [1.54, 1.807) is 7.11 Å². The van der Waals surface area contributed by atoms with Gasteiger partial charge >= 0.3 is 0 Å². The summed E-state index contributed by atoms with van der Waals surface area (Å²) in [5.41, 5.74) is 7.19. The summed E-state index contributed by atoms with van der Waals surface area (Å²) in [5, 5.41) is 0.649. The number of halogens is 1. The Hall–Kier alpha value is -0.770. The van der Waals surface area contributed by atoms with Crippen LogP contribution in [0, 0.1) is 0 Å². The van der Waals surface area contributed by atoms with E-state index >= 15 is 0 Å². The summed E-state index contributed by atoms with van der Waals surface area (Å²) in [7, 11) is 1.70. The zero-order chi connectivity index (χ0) is 12.9. The van der Waals surface area contributed by atoms with Crippen LogP contribution in [0.2, 0.25) is 5.02 Å². The first-order chi connectivity index (χ1) is 7.96. The zero-order valence-corrected chi connectivity index (χ0v) is 11.4. The van der Waals surface area contributed by atoms with Crippen molar-refractivity contribution in [3.63, 3.8) is 0 Å². The molecule has 0 saturated heterocycles. The molecule has 0 radical (unpaired) electrons. The number of hydrogen-bond donors (Lipinski definition) is 1. The maximum absolute atomic E-state index is 6.04. The van der Waals surface area contributed by atoms with E-state index in [-0.39, 0.29) is 5.60 Å². The van der Waals surface area contributed by atoms with Gasteiger partial charge in [-0.3, -0.25) is 0 Å². The smallest absolute Gasteiger partial charge is 0.0751 e. The fourth-order valence-corrected chi connectivity index (χ4v) is 1.56. The van der Waals surface area contributed by atoms with Crippen molar-refractivity contribution in [2.75, 3.05) is 19.5 Å². The highest BCUT2D eigenvalue weighted by Crippen LogP contribution is 2.23. The molecule has 3 nitrogen and oxygen atoms in total. The lowest BCUT2D eigenvalue weighted by molar-refractivity contribution is -0.0123. The quantitative estimate of drug-likeness (QED) is 0.628. The average Bonchev–Trinajstić information content (AvgIpc) is 2.27. The van der Waals surface area contributed by atoms with Crippen molar-refractivity contribution < 1.29 is 9.47 Å². The molecule has 0 spiro atoms. The standard InChI is InChI=1S/C13H20ClNO2/c1-13(2,16-3)7-8-17-9-10-11(14)5-4-6-12(10)15/h4-6H,7-9,15H2,1-3H3. The number of ether oxygens (including phenoxy) is 2. The van der Waals surface area contributed by atoms with Gasteiger partial charge in [0.25, 0.3) is 0 Å². The maximum Gasteiger partial charge on any atom is 0.0751 e. The number of benzene rings is 1. The topological polar surface area (TPSA) is 44.5 Å². The third-order valence-electron chi connectivity index (χ3n) is 2.80. The first-order valence-corrected chi connectivity index (χ1v) is 6.00. The van der Waals surface area contributed by atoms with Crippen LogP contribution in [-0.2, 0) is 16.1 Å². The van der Waals surface area contributed by atoms with Gasteiger partial charge in [0.15, 0.2) is 0 Å². The van der Waals surface area contributed by atoms with Gasteiger partial charge in [0.2, 0.25) is 0 Å². The first-order valence-electron chi connectivity index (χ1n) is 5.62. The number of methoxy groups -OCH3 is 1. The van der Waals surface area contributed by atoms with Gasteiger partial charge in [0, 0.05) is 30.0 Å². The molecular formula is C13H20ClNO2. The van der Waals surface area contributed by atoms with Gasteiger partial charge in [-0.15, -0.1) is 0 Å². The summed E-state index contributed by atoms with van der Waals surface area (Å²) in [5.74, 6) is 0. The van der Waals surface area contributed by atoms with Gasteiger partial charge in [-0.05, 0) is 32.4 Å². The van der Waals surface area contributed by atoms with Gasteiger partial charge in [-0.1, -0.05) is 17.7 Å². The van der Waals surface area contributed by atoms with Gasteiger partial charge in [0.05, 0.1) is 12.2 Å². The number of hydrogen-bond acceptors (Lipinski definition) is 3. The van der Waals surface area contributed by atoms with E-state index in [0.717, 1.165) is 12.0 Å². The molecule has 96 valence electrons. The lowest BCUT2D eigenvalue weighted by Gasteiger charge is -2.22. The zero-order valence-electron chi connectivity index (χ0n) is 10.6. The second kappa shape index (κ2) is 6.24. The van der Waals surface area contributed by atoms with Crippen LogP contribution in [0.4, 0.5) is 5.69 Å². The summed E-state index contributed by atoms with van der Waals surface area (Å²) < 4.78 is 10.9. The Morgan fingerprint density at radius 3 is 2.65 bits per heavy atom. The number of nitrogen functional groups attached to an aromatic ring is 1. The summed E-state index contributed by atoms with van der Waals surface area (Å²) >= 11 is 6.04. The molecule has 17 heavy (non-hydrogen) atoms. The minimum absolute atomic E-state index is 0.161. The van der Waals surface area contributed by atoms with Gasteiger partial charge in [-0.2, -0.15) is 0 Å². The third kappa shape index (κ3) is 4.54. The number of nitrogens with two attached hydrogens (primary N) is 1. The molecule has 0 aromatic heterocycles. The average molecular weight is 258 g/mol. The van der Waals surface area contributed by atoms with Gasteiger partial charge in [0.1, 0.15) is 0 Å². The first kappa shape index (κ1) is 14.3. The molecule has 0 heterocycles. The second-order valence-corrected chi connectivity index (χ2v) is 4.98. The molecule has 0 aliphatic carbocycles. The largest absolute Gasteiger partial charge is 0.398 e. The lowest BCUT2D eigenvalue weighted by Crippen LogP contribution is -2.24. The van der Waals surface area contributed by atoms with E-state index in [0.29, 0.717) is 23.9 Å². The monoisotopic (exact) mass is 257 g/mol. The Morgan fingerprint density at radius 2 is 2.06 bits per heavy atom. The van der Waals surface area contributed by atoms with Crippen LogP contribution in [0.5, 0.6) is 0 Å². The van der Waals surface area contributed by atoms with Gasteiger partial charge < -0.3 is 15.2 Å². The second-order valence-electron chi connectivity index (χ2n) is 4.57. The fourth-order valence-electron chi connectivity index (χ4n) is 1.32. The van der Waals surface area contributed by atoms with E-state index < -0.39 is 0 Å². The molecule has 0 unspecified atom stereocenters. The van der Waals surface area contributed by atoms with E-state index in [4.69, 9.17) is 26.8 Å². The van der Waals surface area contributed by atoms with Crippen LogP contribution >= 0.6 is 11.6 Å². The van der Waals surface area contributed by atoms with Crippen LogP contribution < -0.4 is 5.73 Å². The van der Waals surface area contributed by atoms with Crippen molar-refractivity contribution in [3.05, 3.63) is 28.8 Å². The molecule has 1 aromatic rings. The molecule has 0 atom stereocenters. The van der Waals surface area contributed by atoms with Crippen LogP contribution in [-0.4, -0.2) is 19.3 Å². The molecule has 0 saturated carbocycles. The minimum atomic E-state index is -0.161. The number of anilines is 1. The predicted octanol–water partition coefficient (Wildman–Crippen LogP) is 3.25. The molecule has 1 rings (SSSR count). The van der Waals surface area contributed by atoms with Crippen molar-refractivity contribution in [2.45, 2.75) is 32.5 Å². The highest BCUT2D eigenvalue weighted by atomic mass is 35.5. The summed E-state index contributed by atoms with van der Waals surface area (Å²) in [6.45, 7) is 5.11. The Labute approximate surface area is 108 Å². The van der Waals surface area contributed by atoms with Gasteiger partial charge in [-0.25, -0.2) is 0 Å². The Balaban J connectivity index is 2.42. The third-order valence-corrected chi connectivity index (χ3v) is 3.16. The van der Waals surface area contributed by atoms with E-state index in [9.17, 15) is 0 Å². The van der Waals surface area contributed by atoms with Crippen molar-refractivity contribution in [2.24, 2.45) is 0 Å². The summed E-state index contributed by atoms with van der Waals surface area (Å²) in [4.78, 5) is 0. The molecule has 0 fully saturated rings.